The molecular formula is C15H24N2O2. The molecule has 1 aromatic rings. The summed E-state index contributed by atoms with van der Waals surface area (Å²) in [6.45, 7) is 6.32. The largest absolute Gasteiger partial charge is 0.497 e. The van der Waals surface area contributed by atoms with Crippen molar-refractivity contribution < 1.29 is 9.47 Å². The van der Waals surface area contributed by atoms with Crippen LogP contribution in [-0.4, -0.2) is 33.4 Å². The third-order valence-electron chi connectivity index (χ3n) is 4.04. The highest BCUT2D eigenvalue weighted by molar-refractivity contribution is 5.62. The molecule has 2 N–H and O–H groups in total. The van der Waals surface area contributed by atoms with Gasteiger partial charge in [0.1, 0.15) is 11.5 Å². The van der Waals surface area contributed by atoms with E-state index in [0.29, 0.717) is 0 Å². The highest BCUT2D eigenvalue weighted by atomic mass is 16.5. The number of piperidine rings is 1. The lowest BCUT2D eigenvalue weighted by molar-refractivity contribution is 0.244. The van der Waals surface area contributed by atoms with Crippen molar-refractivity contribution in [1.29, 1.82) is 0 Å². The van der Waals surface area contributed by atoms with E-state index < -0.39 is 0 Å². The second kappa shape index (κ2) is 5.29. The first-order valence-electron chi connectivity index (χ1n) is 6.70. The predicted octanol–water partition coefficient (Wildman–Crippen LogP) is 2.27. The molecule has 0 radical (unpaired) electrons. The maximum absolute atomic E-state index is 6.20. The van der Waals surface area contributed by atoms with Crippen LogP contribution in [0.2, 0.25) is 0 Å². The van der Waals surface area contributed by atoms with E-state index in [1.165, 1.54) is 0 Å². The minimum atomic E-state index is 0.104. The molecule has 1 aliphatic rings. The van der Waals surface area contributed by atoms with Crippen LogP contribution in [0.4, 0.5) is 5.69 Å². The zero-order valence-corrected chi connectivity index (χ0v) is 12.3. The van der Waals surface area contributed by atoms with E-state index in [4.69, 9.17) is 15.2 Å². The summed E-state index contributed by atoms with van der Waals surface area (Å²) in [5.74, 6) is 1.73. The molecule has 1 fully saturated rings. The quantitative estimate of drug-likeness (QED) is 0.910. The Hall–Kier alpha value is -1.42. The Bertz CT molecular complexity index is 446. The number of nitrogens with two attached hydrogens (primary N) is 1. The number of benzene rings is 1. The molecule has 106 valence electrons. The average molecular weight is 264 g/mol. The van der Waals surface area contributed by atoms with Crippen molar-refractivity contribution in [1.82, 2.24) is 0 Å². The zero-order valence-electron chi connectivity index (χ0n) is 12.3. The fourth-order valence-corrected chi connectivity index (χ4v) is 2.62. The maximum atomic E-state index is 6.20. The lowest BCUT2D eigenvalue weighted by Gasteiger charge is -2.44. The SMILES string of the molecule is COc1ccc(OC)c(N2CCC(N)C(C)(C)C2)c1. The Morgan fingerprint density at radius 1 is 1.26 bits per heavy atom. The van der Waals surface area contributed by atoms with Gasteiger partial charge in [-0.1, -0.05) is 13.8 Å². The van der Waals surface area contributed by atoms with Crippen LogP contribution < -0.4 is 20.1 Å². The number of nitrogens with zero attached hydrogens (tertiary/aromatic N) is 1. The highest BCUT2D eigenvalue weighted by Gasteiger charge is 2.34. The summed E-state index contributed by atoms with van der Waals surface area (Å²) < 4.78 is 10.8. The second-order valence-electron chi connectivity index (χ2n) is 5.84. The normalized spacial score (nSPS) is 22.2. The topological polar surface area (TPSA) is 47.7 Å². The van der Waals surface area contributed by atoms with Crippen LogP contribution >= 0.6 is 0 Å². The lowest BCUT2D eigenvalue weighted by Crippen LogP contribution is -2.52. The summed E-state index contributed by atoms with van der Waals surface area (Å²) in [5.41, 5.74) is 7.39. The van der Waals surface area contributed by atoms with E-state index in [1.54, 1.807) is 14.2 Å². The molecular weight excluding hydrogens is 240 g/mol. The van der Waals surface area contributed by atoms with Gasteiger partial charge in [-0.3, -0.25) is 0 Å². The van der Waals surface area contributed by atoms with Gasteiger partial charge in [-0.05, 0) is 24.0 Å². The van der Waals surface area contributed by atoms with Crippen LogP contribution in [0.15, 0.2) is 18.2 Å². The third-order valence-corrected chi connectivity index (χ3v) is 4.04. The minimum absolute atomic E-state index is 0.104. The molecule has 2 rings (SSSR count). The van der Waals surface area contributed by atoms with E-state index in [-0.39, 0.29) is 11.5 Å². The van der Waals surface area contributed by atoms with Crippen LogP contribution in [0.25, 0.3) is 0 Å². The van der Waals surface area contributed by atoms with E-state index in [9.17, 15) is 0 Å². The Balaban J connectivity index is 2.30. The van der Waals surface area contributed by atoms with Crippen molar-refractivity contribution in [3.05, 3.63) is 18.2 Å². The summed E-state index contributed by atoms with van der Waals surface area (Å²) in [7, 11) is 3.38. The Labute approximate surface area is 115 Å². The van der Waals surface area contributed by atoms with Crippen molar-refractivity contribution >= 4 is 5.69 Å². The first-order chi connectivity index (χ1) is 8.97. The van der Waals surface area contributed by atoms with Gasteiger partial charge in [0.2, 0.25) is 0 Å². The van der Waals surface area contributed by atoms with Crippen LogP contribution in [0.5, 0.6) is 11.5 Å². The van der Waals surface area contributed by atoms with Crippen molar-refractivity contribution in [2.45, 2.75) is 26.3 Å². The number of ether oxygens (including phenoxy) is 2. The van der Waals surface area contributed by atoms with E-state index in [1.807, 2.05) is 18.2 Å². The van der Waals surface area contributed by atoms with Gasteiger partial charge >= 0.3 is 0 Å². The number of methoxy groups -OCH3 is 2. The summed E-state index contributed by atoms with van der Waals surface area (Å²) in [5, 5.41) is 0. The molecule has 0 saturated carbocycles. The predicted molar refractivity (Wildman–Crippen MR) is 78.1 cm³/mol. The molecule has 19 heavy (non-hydrogen) atoms. The highest BCUT2D eigenvalue weighted by Crippen LogP contribution is 2.37. The molecule has 4 heteroatoms. The van der Waals surface area contributed by atoms with Crippen LogP contribution in [-0.2, 0) is 0 Å². The standard InChI is InChI=1S/C15H24N2O2/c1-15(2)10-17(8-7-14(15)16)12-9-11(18-3)5-6-13(12)19-4/h5-6,9,14H,7-8,10,16H2,1-4H3. The van der Waals surface area contributed by atoms with Gasteiger partial charge in [0.15, 0.2) is 0 Å². The van der Waals surface area contributed by atoms with Gasteiger partial charge in [0, 0.05) is 25.2 Å². The lowest BCUT2D eigenvalue weighted by atomic mass is 9.79. The monoisotopic (exact) mass is 264 g/mol. The molecule has 0 aromatic heterocycles. The van der Waals surface area contributed by atoms with Gasteiger partial charge in [0.05, 0.1) is 19.9 Å². The molecule has 0 spiro atoms. The number of rotatable bonds is 3. The van der Waals surface area contributed by atoms with E-state index in [0.717, 1.165) is 36.7 Å². The smallest absolute Gasteiger partial charge is 0.142 e. The molecule has 0 amide bonds. The van der Waals surface area contributed by atoms with Crippen LogP contribution in [0.3, 0.4) is 0 Å². The first kappa shape index (κ1) is 14.0. The van der Waals surface area contributed by atoms with E-state index >= 15 is 0 Å². The molecule has 1 heterocycles. The minimum Gasteiger partial charge on any atom is -0.497 e. The number of anilines is 1. The molecule has 0 aliphatic carbocycles. The van der Waals surface area contributed by atoms with Gasteiger partial charge in [-0.2, -0.15) is 0 Å². The molecule has 1 atom stereocenters. The van der Waals surface area contributed by atoms with Crippen LogP contribution in [0, 0.1) is 5.41 Å². The fourth-order valence-electron chi connectivity index (χ4n) is 2.62. The van der Waals surface area contributed by atoms with Gasteiger partial charge < -0.3 is 20.1 Å². The second-order valence-corrected chi connectivity index (χ2v) is 5.84. The summed E-state index contributed by atoms with van der Waals surface area (Å²) in [6, 6.07) is 6.16. The fraction of sp³-hybridized carbons (Fsp3) is 0.600. The van der Waals surface area contributed by atoms with Crippen molar-refractivity contribution in [3.8, 4) is 11.5 Å². The molecule has 1 unspecified atom stereocenters. The molecule has 1 saturated heterocycles. The Morgan fingerprint density at radius 2 is 2.00 bits per heavy atom. The van der Waals surface area contributed by atoms with Gasteiger partial charge in [-0.15, -0.1) is 0 Å². The maximum Gasteiger partial charge on any atom is 0.142 e. The van der Waals surface area contributed by atoms with Gasteiger partial charge in [-0.25, -0.2) is 0 Å². The third kappa shape index (κ3) is 2.78. The zero-order chi connectivity index (χ0) is 14.0. The van der Waals surface area contributed by atoms with Crippen molar-refractivity contribution in [2.24, 2.45) is 11.1 Å². The van der Waals surface area contributed by atoms with Crippen molar-refractivity contribution in [2.75, 3.05) is 32.2 Å². The molecule has 0 bridgehead atoms. The first-order valence-corrected chi connectivity index (χ1v) is 6.70. The summed E-state index contributed by atoms with van der Waals surface area (Å²) >= 11 is 0. The number of hydrogen-bond donors (Lipinski definition) is 1. The average Bonchev–Trinajstić information content (AvgIpc) is 2.41. The Morgan fingerprint density at radius 3 is 2.58 bits per heavy atom. The summed E-state index contributed by atoms with van der Waals surface area (Å²) in [6.07, 6.45) is 0.993. The van der Waals surface area contributed by atoms with Crippen molar-refractivity contribution in [3.63, 3.8) is 0 Å². The summed E-state index contributed by atoms with van der Waals surface area (Å²) in [4.78, 5) is 2.34. The number of hydrogen-bond acceptors (Lipinski definition) is 4. The molecule has 4 nitrogen and oxygen atoms in total. The Kier molecular flexibility index (Phi) is 3.90. The van der Waals surface area contributed by atoms with Crippen LogP contribution in [0.1, 0.15) is 20.3 Å². The molecule has 1 aliphatic heterocycles. The molecule has 1 aromatic carbocycles. The van der Waals surface area contributed by atoms with E-state index in [2.05, 4.69) is 18.7 Å². The van der Waals surface area contributed by atoms with Gasteiger partial charge in [0.25, 0.3) is 0 Å².